The highest BCUT2D eigenvalue weighted by Crippen LogP contribution is 2.39. The third kappa shape index (κ3) is 6.59. The molecule has 0 aromatic heterocycles. The molecule has 3 rings (SSSR count). The number of ether oxygens (including phenoxy) is 2. The van der Waals surface area contributed by atoms with Crippen LogP contribution in [0, 0.1) is 11.7 Å². The highest BCUT2D eigenvalue weighted by atomic mass is 19.3. The van der Waals surface area contributed by atoms with Gasteiger partial charge in [0, 0.05) is 0 Å². The van der Waals surface area contributed by atoms with E-state index >= 15 is 0 Å². The Bertz CT molecular complexity index is 846. The Kier molecular flexibility index (Phi) is 8.38. The van der Waals surface area contributed by atoms with E-state index in [4.69, 9.17) is 4.74 Å². The SMILES string of the molecule is CCCCCC1CCC(c2ccc(OC(F)(F)c3ccc(OC(F)F)c(F)c3)cc2)CC1. The second kappa shape index (κ2) is 11.0. The van der Waals surface area contributed by atoms with E-state index in [0.717, 1.165) is 36.5 Å². The standard InChI is InChI=1S/C25H29F5O2/c1-2-3-4-5-17-6-8-18(9-7-17)19-10-13-21(14-11-19)32-25(29,30)20-12-15-23(22(26)16-20)31-24(27)28/h10-18,24H,2-9H2,1H3. The van der Waals surface area contributed by atoms with Crippen LogP contribution in [0.4, 0.5) is 22.0 Å². The van der Waals surface area contributed by atoms with Crippen LogP contribution in [0.3, 0.4) is 0 Å². The Hall–Kier alpha value is -2.31. The molecule has 7 heteroatoms. The van der Waals surface area contributed by atoms with Crippen LogP contribution in [-0.4, -0.2) is 6.61 Å². The van der Waals surface area contributed by atoms with Gasteiger partial charge in [-0.2, -0.15) is 17.6 Å². The first-order valence-corrected chi connectivity index (χ1v) is 11.2. The summed E-state index contributed by atoms with van der Waals surface area (Å²) in [7, 11) is 0. The van der Waals surface area contributed by atoms with Crippen molar-refractivity contribution >= 4 is 0 Å². The van der Waals surface area contributed by atoms with Crippen molar-refractivity contribution < 1.29 is 31.4 Å². The fraction of sp³-hybridized carbons (Fsp3) is 0.520. The number of hydrogen-bond donors (Lipinski definition) is 0. The maximum absolute atomic E-state index is 14.5. The molecule has 0 saturated heterocycles. The molecule has 0 amide bonds. The van der Waals surface area contributed by atoms with E-state index in [-0.39, 0.29) is 5.75 Å². The summed E-state index contributed by atoms with van der Waals surface area (Å²) < 4.78 is 75.9. The van der Waals surface area contributed by atoms with Crippen molar-refractivity contribution in [2.75, 3.05) is 0 Å². The predicted molar refractivity (Wildman–Crippen MR) is 113 cm³/mol. The summed E-state index contributed by atoms with van der Waals surface area (Å²) in [6.45, 7) is -1.04. The second-order valence-electron chi connectivity index (χ2n) is 8.43. The Morgan fingerprint density at radius 3 is 2.25 bits per heavy atom. The lowest BCUT2D eigenvalue weighted by Gasteiger charge is -2.29. The molecular weight excluding hydrogens is 427 g/mol. The zero-order chi connectivity index (χ0) is 23.1. The molecule has 1 saturated carbocycles. The minimum absolute atomic E-state index is 0.0553. The summed E-state index contributed by atoms with van der Waals surface area (Å²) in [5, 5.41) is 0. The number of halogens is 5. The van der Waals surface area contributed by atoms with Gasteiger partial charge >= 0.3 is 12.7 Å². The van der Waals surface area contributed by atoms with E-state index in [1.807, 2.05) is 0 Å². The van der Waals surface area contributed by atoms with Gasteiger partial charge in [0.05, 0.1) is 5.56 Å². The lowest BCUT2D eigenvalue weighted by molar-refractivity contribution is -0.185. The van der Waals surface area contributed by atoms with Crippen molar-refractivity contribution in [3.8, 4) is 11.5 Å². The van der Waals surface area contributed by atoms with Gasteiger partial charge in [-0.1, -0.05) is 44.7 Å². The van der Waals surface area contributed by atoms with Crippen molar-refractivity contribution in [1.82, 2.24) is 0 Å². The molecule has 2 aromatic carbocycles. The van der Waals surface area contributed by atoms with Gasteiger partial charge in [0.2, 0.25) is 0 Å². The van der Waals surface area contributed by atoms with Gasteiger partial charge < -0.3 is 9.47 Å². The minimum atomic E-state index is -3.83. The highest BCUT2D eigenvalue weighted by Gasteiger charge is 2.35. The van der Waals surface area contributed by atoms with Crippen LogP contribution in [0.15, 0.2) is 42.5 Å². The molecule has 1 fully saturated rings. The van der Waals surface area contributed by atoms with Crippen LogP contribution >= 0.6 is 0 Å². The topological polar surface area (TPSA) is 18.5 Å². The number of unbranched alkanes of at least 4 members (excludes halogenated alkanes) is 2. The molecule has 0 aliphatic heterocycles. The molecule has 32 heavy (non-hydrogen) atoms. The van der Waals surface area contributed by atoms with Gasteiger partial charge in [-0.3, -0.25) is 0 Å². The maximum Gasteiger partial charge on any atom is 0.426 e. The van der Waals surface area contributed by atoms with Crippen molar-refractivity contribution in [2.45, 2.75) is 76.9 Å². The fourth-order valence-corrected chi connectivity index (χ4v) is 4.36. The zero-order valence-corrected chi connectivity index (χ0v) is 18.1. The number of alkyl halides is 4. The molecular formula is C25H29F5O2. The van der Waals surface area contributed by atoms with Crippen molar-refractivity contribution in [1.29, 1.82) is 0 Å². The monoisotopic (exact) mass is 456 g/mol. The first-order chi connectivity index (χ1) is 15.3. The fourth-order valence-electron chi connectivity index (χ4n) is 4.36. The Balaban J connectivity index is 1.57. The number of benzene rings is 2. The van der Waals surface area contributed by atoms with Crippen LogP contribution in [-0.2, 0) is 6.11 Å². The predicted octanol–water partition coefficient (Wildman–Crippen LogP) is 8.41. The summed E-state index contributed by atoms with van der Waals surface area (Å²) in [4.78, 5) is 0. The molecule has 176 valence electrons. The van der Waals surface area contributed by atoms with Crippen LogP contribution < -0.4 is 9.47 Å². The molecule has 0 radical (unpaired) electrons. The highest BCUT2D eigenvalue weighted by molar-refractivity contribution is 5.33. The normalized spacial score (nSPS) is 19.2. The van der Waals surface area contributed by atoms with E-state index in [9.17, 15) is 22.0 Å². The van der Waals surface area contributed by atoms with Crippen molar-refractivity contribution in [2.24, 2.45) is 5.92 Å². The molecule has 1 aliphatic carbocycles. The molecule has 0 N–H and O–H groups in total. The lowest BCUT2D eigenvalue weighted by Crippen LogP contribution is -2.22. The van der Waals surface area contributed by atoms with Crippen molar-refractivity contribution in [3.05, 3.63) is 59.4 Å². The van der Waals surface area contributed by atoms with E-state index in [1.54, 1.807) is 12.1 Å². The third-order valence-corrected chi connectivity index (χ3v) is 6.14. The largest absolute Gasteiger partial charge is 0.432 e. The second-order valence-corrected chi connectivity index (χ2v) is 8.43. The van der Waals surface area contributed by atoms with Gasteiger partial charge in [0.15, 0.2) is 11.6 Å². The minimum Gasteiger partial charge on any atom is -0.432 e. The summed E-state index contributed by atoms with van der Waals surface area (Å²) >= 11 is 0. The molecule has 0 bridgehead atoms. The average molecular weight is 456 g/mol. The molecule has 2 aromatic rings. The van der Waals surface area contributed by atoms with Gasteiger partial charge in [0.25, 0.3) is 0 Å². The van der Waals surface area contributed by atoms with E-state index in [1.165, 1.54) is 50.7 Å². The lowest BCUT2D eigenvalue weighted by atomic mass is 9.77. The molecule has 2 nitrogen and oxygen atoms in total. The smallest absolute Gasteiger partial charge is 0.426 e. The van der Waals surface area contributed by atoms with E-state index in [2.05, 4.69) is 11.7 Å². The molecule has 0 atom stereocenters. The summed E-state index contributed by atoms with van der Waals surface area (Å²) in [6, 6.07) is 8.54. The number of hydrogen-bond acceptors (Lipinski definition) is 2. The molecule has 0 spiro atoms. The van der Waals surface area contributed by atoms with E-state index < -0.39 is 29.9 Å². The Labute approximate surface area is 185 Å². The van der Waals surface area contributed by atoms with Gasteiger partial charge in [-0.05, 0) is 73.4 Å². The maximum atomic E-state index is 14.5. The van der Waals surface area contributed by atoms with Gasteiger partial charge in [-0.25, -0.2) is 4.39 Å². The molecule has 0 heterocycles. The summed E-state index contributed by atoms with van der Waals surface area (Å²) in [5.74, 6) is -0.962. The van der Waals surface area contributed by atoms with E-state index in [0.29, 0.717) is 12.0 Å². The van der Waals surface area contributed by atoms with Crippen LogP contribution in [0.5, 0.6) is 11.5 Å². The first-order valence-electron chi connectivity index (χ1n) is 11.2. The number of rotatable bonds is 10. The molecule has 1 aliphatic rings. The van der Waals surface area contributed by atoms with Crippen LogP contribution in [0.25, 0.3) is 0 Å². The van der Waals surface area contributed by atoms with Crippen molar-refractivity contribution in [3.63, 3.8) is 0 Å². The average Bonchev–Trinajstić information content (AvgIpc) is 2.76. The van der Waals surface area contributed by atoms with Gasteiger partial charge in [0.1, 0.15) is 5.75 Å². The van der Waals surface area contributed by atoms with Gasteiger partial charge in [-0.15, -0.1) is 0 Å². The van der Waals surface area contributed by atoms with Crippen LogP contribution in [0.2, 0.25) is 0 Å². The third-order valence-electron chi connectivity index (χ3n) is 6.14. The first kappa shape index (κ1) is 24.3. The Morgan fingerprint density at radius 2 is 1.66 bits per heavy atom. The Morgan fingerprint density at radius 1 is 0.969 bits per heavy atom. The van der Waals surface area contributed by atoms with Crippen LogP contribution in [0.1, 0.15) is 75.3 Å². The summed E-state index contributed by atoms with van der Waals surface area (Å²) in [5.41, 5.74) is 0.314. The summed E-state index contributed by atoms with van der Waals surface area (Å²) in [6.07, 6.45) is 5.85. The quantitative estimate of drug-likeness (QED) is 0.264. The zero-order valence-electron chi connectivity index (χ0n) is 18.1. The molecule has 0 unspecified atom stereocenters.